The number of ketones is 1. The number of hydrogen-bond acceptors (Lipinski definition) is 3. The SMILES string of the molecule is Cc1cc(C)c(CC(=O)C2CCC(O)(CO)C2)c(C)c1. The molecule has 1 aliphatic rings. The van der Waals surface area contributed by atoms with Crippen LogP contribution in [-0.2, 0) is 11.2 Å². The van der Waals surface area contributed by atoms with E-state index < -0.39 is 5.60 Å². The number of aliphatic hydroxyl groups is 2. The number of hydrogen-bond donors (Lipinski definition) is 2. The zero-order valence-corrected chi connectivity index (χ0v) is 12.6. The number of rotatable bonds is 4. The third-order valence-corrected chi connectivity index (χ3v) is 4.53. The van der Waals surface area contributed by atoms with E-state index in [2.05, 4.69) is 19.1 Å². The van der Waals surface area contributed by atoms with Crippen molar-refractivity contribution in [3.63, 3.8) is 0 Å². The lowest BCUT2D eigenvalue weighted by molar-refractivity contribution is -0.122. The third-order valence-electron chi connectivity index (χ3n) is 4.53. The molecule has 0 aliphatic heterocycles. The molecule has 2 rings (SSSR count). The molecule has 0 radical (unpaired) electrons. The van der Waals surface area contributed by atoms with Crippen LogP contribution in [-0.4, -0.2) is 28.2 Å². The van der Waals surface area contributed by atoms with Crippen molar-refractivity contribution in [1.29, 1.82) is 0 Å². The average Bonchev–Trinajstić information content (AvgIpc) is 2.77. The molecule has 2 N–H and O–H groups in total. The Kier molecular flexibility index (Phi) is 4.31. The van der Waals surface area contributed by atoms with Crippen molar-refractivity contribution in [2.45, 2.75) is 52.1 Å². The minimum Gasteiger partial charge on any atom is -0.393 e. The molecule has 20 heavy (non-hydrogen) atoms. The summed E-state index contributed by atoms with van der Waals surface area (Å²) in [7, 11) is 0. The van der Waals surface area contributed by atoms with E-state index >= 15 is 0 Å². The molecule has 2 atom stereocenters. The second-order valence-corrected chi connectivity index (χ2v) is 6.34. The zero-order chi connectivity index (χ0) is 14.9. The maximum absolute atomic E-state index is 12.4. The van der Waals surface area contributed by atoms with Crippen molar-refractivity contribution in [2.75, 3.05) is 6.61 Å². The molecule has 0 heterocycles. The van der Waals surface area contributed by atoms with Crippen LogP contribution in [0.1, 0.15) is 41.5 Å². The lowest BCUT2D eigenvalue weighted by Crippen LogP contribution is -2.30. The van der Waals surface area contributed by atoms with E-state index in [1.165, 1.54) is 5.56 Å². The average molecular weight is 276 g/mol. The van der Waals surface area contributed by atoms with Gasteiger partial charge in [-0.25, -0.2) is 0 Å². The van der Waals surface area contributed by atoms with Gasteiger partial charge in [-0.3, -0.25) is 4.79 Å². The second kappa shape index (κ2) is 5.66. The summed E-state index contributed by atoms with van der Waals surface area (Å²) in [5, 5.41) is 19.2. The molecule has 0 spiro atoms. The summed E-state index contributed by atoms with van der Waals surface area (Å²) in [6.45, 7) is 5.89. The van der Waals surface area contributed by atoms with Crippen LogP contribution in [0.15, 0.2) is 12.1 Å². The van der Waals surface area contributed by atoms with Crippen LogP contribution in [0.3, 0.4) is 0 Å². The molecule has 0 aromatic heterocycles. The Morgan fingerprint density at radius 3 is 2.40 bits per heavy atom. The molecular weight excluding hydrogens is 252 g/mol. The van der Waals surface area contributed by atoms with Crippen molar-refractivity contribution in [1.82, 2.24) is 0 Å². The van der Waals surface area contributed by atoms with Crippen molar-refractivity contribution >= 4 is 5.78 Å². The van der Waals surface area contributed by atoms with E-state index in [1.54, 1.807) is 0 Å². The van der Waals surface area contributed by atoms with Gasteiger partial charge in [0.2, 0.25) is 0 Å². The van der Waals surface area contributed by atoms with Crippen LogP contribution >= 0.6 is 0 Å². The van der Waals surface area contributed by atoms with Gasteiger partial charge in [0, 0.05) is 12.3 Å². The lowest BCUT2D eigenvalue weighted by Gasteiger charge is -2.19. The fraction of sp³-hybridized carbons (Fsp3) is 0.588. The predicted octanol–water partition coefficient (Wildman–Crippen LogP) is 2.25. The molecule has 1 fully saturated rings. The molecule has 2 unspecified atom stereocenters. The van der Waals surface area contributed by atoms with E-state index in [0.717, 1.165) is 16.7 Å². The number of benzene rings is 1. The Labute approximate surface area is 120 Å². The van der Waals surface area contributed by atoms with Gasteiger partial charge in [-0.05, 0) is 56.7 Å². The summed E-state index contributed by atoms with van der Waals surface area (Å²) < 4.78 is 0. The third kappa shape index (κ3) is 3.10. The fourth-order valence-electron chi connectivity index (χ4n) is 3.33. The summed E-state index contributed by atoms with van der Waals surface area (Å²) in [5.41, 5.74) is 3.60. The number of Topliss-reactive ketones (excluding diaryl/α,β-unsaturated/α-hetero) is 1. The number of aryl methyl sites for hydroxylation is 3. The van der Waals surface area contributed by atoms with Gasteiger partial charge < -0.3 is 10.2 Å². The summed E-state index contributed by atoms with van der Waals surface area (Å²) in [6.07, 6.45) is 2.03. The topological polar surface area (TPSA) is 57.5 Å². The largest absolute Gasteiger partial charge is 0.393 e. The standard InChI is InChI=1S/C17H24O3/c1-11-6-12(2)15(13(3)7-11)8-16(19)14-4-5-17(20,9-14)10-18/h6-7,14,18,20H,4-5,8-10H2,1-3H3. The highest BCUT2D eigenvalue weighted by Crippen LogP contribution is 2.35. The highest BCUT2D eigenvalue weighted by Gasteiger charge is 2.39. The monoisotopic (exact) mass is 276 g/mol. The van der Waals surface area contributed by atoms with Crippen LogP contribution in [0.2, 0.25) is 0 Å². The van der Waals surface area contributed by atoms with Crippen LogP contribution < -0.4 is 0 Å². The number of aliphatic hydroxyl groups excluding tert-OH is 1. The molecule has 1 saturated carbocycles. The Morgan fingerprint density at radius 1 is 1.30 bits per heavy atom. The molecule has 3 heteroatoms. The van der Waals surface area contributed by atoms with Crippen molar-refractivity contribution in [3.05, 3.63) is 34.4 Å². The highest BCUT2D eigenvalue weighted by atomic mass is 16.3. The molecule has 0 bridgehead atoms. The summed E-state index contributed by atoms with van der Waals surface area (Å²) >= 11 is 0. The van der Waals surface area contributed by atoms with Gasteiger partial charge >= 0.3 is 0 Å². The first kappa shape index (κ1) is 15.2. The molecule has 0 saturated heterocycles. The highest BCUT2D eigenvalue weighted by molar-refractivity contribution is 5.84. The molecular formula is C17H24O3. The van der Waals surface area contributed by atoms with Gasteiger partial charge in [-0.2, -0.15) is 0 Å². The molecule has 3 nitrogen and oxygen atoms in total. The maximum Gasteiger partial charge on any atom is 0.140 e. The van der Waals surface area contributed by atoms with Gasteiger partial charge in [-0.1, -0.05) is 17.7 Å². The van der Waals surface area contributed by atoms with Crippen LogP contribution in [0.25, 0.3) is 0 Å². The van der Waals surface area contributed by atoms with E-state index in [4.69, 9.17) is 0 Å². The summed E-state index contributed by atoms with van der Waals surface area (Å²) in [5.74, 6) is 0.0664. The van der Waals surface area contributed by atoms with Crippen molar-refractivity contribution < 1.29 is 15.0 Å². The van der Waals surface area contributed by atoms with Crippen LogP contribution in [0.5, 0.6) is 0 Å². The Bertz CT molecular complexity index is 498. The normalized spacial score (nSPS) is 25.9. The second-order valence-electron chi connectivity index (χ2n) is 6.34. The minimum absolute atomic E-state index is 0.118. The molecule has 0 amide bonds. The van der Waals surface area contributed by atoms with Crippen molar-refractivity contribution in [2.24, 2.45) is 5.92 Å². The number of carbonyl (C=O) groups excluding carboxylic acids is 1. The quantitative estimate of drug-likeness (QED) is 0.886. The van der Waals surface area contributed by atoms with Crippen LogP contribution in [0.4, 0.5) is 0 Å². The van der Waals surface area contributed by atoms with E-state index in [9.17, 15) is 15.0 Å². The lowest BCUT2D eigenvalue weighted by atomic mass is 9.90. The number of carbonyl (C=O) groups is 1. The van der Waals surface area contributed by atoms with E-state index in [1.807, 2.05) is 13.8 Å². The van der Waals surface area contributed by atoms with Crippen molar-refractivity contribution in [3.8, 4) is 0 Å². The Hall–Kier alpha value is -1.19. The van der Waals surface area contributed by atoms with Gasteiger partial charge in [-0.15, -0.1) is 0 Å². The van der Waals surface area contributed by atoms with E-state index in [-0.39, 0.29) is 18.3 Å². The zero-order valence-electron chi connectivity index (χ0n) is 12.6. The first-order valence-electron chi connectivity index (χ1n) is 7.27. The predicted molar refractivity (Wildman–Crippen MR) is 78.7 cm³/mol. The minimum atomic E-state index is -1.04. The summed E-state index contributed by atoms with van der Waals surface area (Å²) in [4.78, 5) is 12.4. The van der Waals surface area contributed by atoms with Gasteiger partial charge in [0.1, 0.15) is 5.78 Å². The molecule has 1 aliphatic carbocycles. The molecule has 1 aromatic carbocycles. The van der Waals surface area contributed by atoms with E-state index in [0.29, 0.717) is 25.7 Å². The van der Waals surface area contributed by atoms with Gasteiger partial charge in [0.15, 0.2) is 0 Å². The molecule has 110 valence electrons. The summed E-state index contributed by atoms with van der Waals surface area (Å²) in [6, 6.07) is 4.21. The van der Waals surface area contributed by atoms with Gasteiger partial charge in [0.25, 0.3) is 0 Å². The van der Waals surface area contributed by atoms with Crippen LogP contribution in [0, 0.1) is 26.7 Å². The smallest absolute Gasteiger partial charge is 0.140 e. The van der Waals surface area contributed by atoms with Gasteiger partial charge in [0.05, 0.1) is 12.2 Å². The Balaban J connectivity index is 2.10. The Morgan fingerprint density at radius 2 is 1.90 bits per heavy atom. The first-order valence-corrected chi connectivity index (χ1v) is 7.27. The molecule has 1 aromatic rings. The maximum atomic E-state index is 12.4. The fourth-order valence-corrected chi connectivity index (χ4v) is 3.33. The first-order chi connectivity index (χ1) is 9.34.